The first-order chi connectivity index (χ1) is 10.3. The molecular formula is C16H17N3O2. The minimum Gasteiger partial charge on any atom is -0.382 e. The molecule has 1 atom stereocenters. The molecule has 5 heteroatoms. The van der Waals surface area contributed by atoms with E-state index in [1.807, 2.05) is 24.3 Å². The van der Waals surface area contributed by atoms with Crippen LogP contribution in [0.3, 0.4) is 0 Å². The van der Waals surface area contributed by atoms with Gasteiger partial charge in [-0.25, -0.2) is 5.48 Å². The van der Waals surface area contributed by atoms with E-state index < -0.39 is 5.91 Å². The summed E-state index contributed by atoms with van der Waals surface area (Å²) in [6, 6.07) is 9.83. The second-order valence-electron chi connectivity index (χ2n) is 5.24. The Labute approximate surface area is 123 Å². The van der Waals surface area contributed by atoms with Crippen LogP contribution in [0.5, 0.6) is 0 Å². The third-order valence-corrected chi connectivity index (χ3v) is 3.85. The Kier molecular flexibility index (Phi) is 3.83. The van der Waals surface area contributed by atoms with Crippen molar-refractivity contribution in [3.05, 3.63) is 59.4 Å². The standard InChI is InChI=1S/C16H17N3O2/c20-16(19-21)12-2-1-11-3-4-15(10-13(11)9-12)18-14-5-7-17-8-6-14/h1-2,5-9,15,21H,3-4,10H2,(H,17,18)(H,19,20). The van der Waals surface area contributed by atoms with Gasteiger partial charge in [0.2, 0.25) is 0 Å². The zero-order chi connectivity index (χ0) is 14.7. The molecule has 1 aromatic heterocycles. The summed E-state index contributed by atoms with van der Waals surface area (Å²) in [5, 5.41) is 12.2. The number of hydrogen-bond acceptors (Lipinski definition) is 4. The minimum atomic E-state index is -0.470. The molecular weight excluding hydrogens is 266 g/mol. The van der Waals surface area contributed by atoms with E-state index in [9.17, 15) is 4.79 Å². The van der Waals surface area contributed by atoms with Gasteiger partial charge in [-0.2, -0.15) is 0 Å². The molecule has 0 radical (unpaired) electrons. The maximum Gasteiger partial charge on any atom is 0.274 e. The first-order valence-corrected chi connectivity index (χ1v) is 6.99. The Morgan fingerprint density at radius 3 is 2.76 bits per heavy atom. The molecule has 5 nitrogen and oxygen atoms in total. The molecule has 3 rings (SSSR count). The van der Waals surface area contributed by atoms with E-state index in [1.165, 1.54) is 5.56 Å². The number of carbonyl (C=O) groups excluding carboxylic acids is 1. The highest BCUT2D eigenvalue weighted by atomic mass is 16.5. The summed E-state index contributed by atoms with van der Waals surface area (Å²) < 4.78 is 0. The monoisotopic (exact) mass is 283 g/mol. The summed E-state index contributed by atoms with van der Waals surface area (Å²) in [5.74, 6) is -0.470. The van der Waals surface area contributed by atoms with Crippen LogP contribution < -0.4 is 10.8 Å². The summed E-state index contributed by atoms with van der Waals surface area (Å²) in [7, 11) is 0. The van der Waals surface area contributed by atoms with E-state index in [2.05, 4.69) is 10.3 Å². The smallest absolute Gasteiger partial charge is 0.274 e. The number of carbonyl (C=O) groups is 1. The number of benzene rings is 1. The third-order valence-electron chi connectivity index (χ3n) is 3.85. The number of rotatable bonds is 3. The molecule has 1 amide bonds. The van der Waals surface area contributed by atoms with Gasteiger partial charge in [-0.1, -0.05) is 6.07 Å². The summed E-state index contributed by atoms with van der Waals surface area (Å²) in [4.78, 5) is 15.5. The number of amides is 1. The van der Waals surface area contributed by atoms with Crippen LogP contribution in [0.4, 0.5) is 5.69 Å². The summed E-state index contributed by atoms with van der Waals surface area (Å²) in [5.41, 5.74) is 5.66. The van der Waals surface area contributed by atoms with Crippen LogP contribution in [0.2, 0.25) is 0 Å². The molecule has 0 fully saturated rings. The van der Waals surface area contributed by atoms with Gasteiger partial charge >= 0.3 is 0 Å². The molecule has 0 bridgehead atoms. The lowest BCUT2D eigenvalue weighted by atomic mass is 9.87. The van der Waals surface area contributed by atoms with E-state index in [0.29, 0.717) is 11.6 Å². The van der Waals surface area contributed by atoms with Gasteiger partial charge in [0.25, 0.3) is 5.91 Å². The average molecular weight is 283 g/mol. The zero-order valence-electron chi connectivity index (χ0n) is 11.5. The normalized spacial score (nSPS) is 16.9. The van der Waals surface area contributed by atoms with E-state index in [0.717, 1.165) is 30.5 Å². The van der Waals surface area contributed by atoms with Crippen LogP contribution in [0, 0.1) is 0 Å². The van der Waals surface area contributed by atoms with Crippen molar-refractivity contribution in [2.45, 2.75) is 25.3 Å². The summed E-state index contributed by atoms with van der Waals surface area (Å²) in [6.07, 6.45) is 6.44. The number of nitrogens with zero attached hydrogens (tertiary/aromatic N) is 1. The Balaban J connectivity index is 1.76. The highest BCUT2D eigenvalue weighted by molar-refractivity contribution is 5.93. The van der Waals surface area contributed by atoms with Gasteiger partial charge in [0.05, 0.1) is 0 Å². The van der Waals surface area contributed by atoms with E-state index in [-0.39, 0.29) is 0 Å². The fourth-order valence-corrected chi connectivity index (χ4v) is 2.77. The van der Waals surface area contributed by atoms with Crippen molar-refractivity contribution in [1.82, 2.24) is 10.5 Å². The molecule has 0 saturated heterocycles. The summed E-state index contributed by atoms with van der Waals surface area (Å²) >= 11 is 0. The number of hydrogen-bond donors (Lipinski definition) is 3. The second kappa shape index (κ2) is 5.93. The molecule has 0 saturated carbocycles. The Morgan fingerprint density at radius 2 is 2.00 bits per heavy atom. The van der Waals surface area contributed by atoms with E-state index >= 15 is 0 Å². The summed E-state index contributed by atoms with van der Waals surface area (Å²) in [6.45, 7) is 0. The highest BCUT2D eigenvalue weighted by Crippen LogP contribution is 2.24. The van der Waals surface area contributed by atoms with Gasteiger partial charge in [0, 0.05) is 29.7 Å². The number of aromatic nitrogens is 1. The van der Waals surface area contributed by atoms with Gasteiger partial charge in [-0.3, -0.25) is 15.0 Å². The van der Waals surface area contributed by atoms with E-state index in [1.54, 1.807) is 23.9 Å². The molecule has 2 aromatic rings. The van der Waals surface area contributed by atoms with Crippen molar-refractivity contribution in [3.63, 3.8) is 0 Å². The van der Waals surface area contributed by atoms with Gasteiger partial charge in [0.15, 0.2) is 0 Å². The fraction of sp³-hybridized carbons (Fsp3) is 0.250. The lowest BCUT2D eigenvalue weighted by molar-refractivity contribution is 0.0706. The molecule has 1 unspecified atom stereocenters. The Morgan fingerprint density at radius 1 is 1.19 bits per heavy atom. The molecule has 3 N–H and O–H groups in total. The second-order valence-corrected chi connectivity index (χ2v) is 5.24. The molecule has 1 aliphatic rings. The molecule has 1 aliphatic carbocycles. The first kappa shape index (κ1) is 13.6. The third kappa shape index (κ3) is 3.03. The fourth-order valence-electron chi connectivity index (χ4n) is 2.77. The average Bonchev–Trinajstić information content (AvgIpc) is 2.54. The van der Waals surface area contributed by atoms with Gasteiger partial charge in [-0.15, -0.1) is 0 Å². The predicted molar refractivity (Wildman–Crippen MR) is 79.4 cm³/mol. The highest BCUT2D eigenvalue weighted by Gasteiger charge is 2.19. The lowest BCUT2D eigenvalue weighted by Gasteiger charge is -2.26. The van der Waals surface area contributed by atoms with Crippen LogP contribution in [-0.2, 0) is 12.8 Å². The Bertz CT molecular complexity index is 643. The number of pyridine rings is 1. The maximum atomic E-state index is 11.5. The number of hydroxylamine groups is 1. The molecule has 0 aliphatic heterocycles. The van der Waals surface area contributed by atoms with Crippen molar-refractivity contribution in [2.24, 2.45) is 0 Å². The first-order valence-electron chi connectivity index (χ1n) is 6.99. The quantitative estimate of drug-likeness (QED) is 0.596. The number of nitrogens with one attached hydrogen (secondary N) is 2. The van der Waals surface area contributed by atoms with Gasteiger partial charge in [-0.05, 0) is 54.7 Å². The molecule has 1 heterocycles. The predicted octanol–water partition coefficient (Wildman–Crippen LogP) is 2.17. The number of aryl methyl sites for hydroxylation is 1. The lowest BCUT2D eigenvalue weighted by Crippen LogP contribution is -2.28. The minimum absolute atomic E-state index is 0.340. The SMILES string of the molecule is O=C(NO)c1ccc2c(c1)CC(Nc1ccncc1)CC2. The van der Waals surface area contributed by atoms with Crippen LogP contribution in [0.1, 0.15) is 27.9 Å². The largest absolute Gasteiger partial charge is 0.382 e. The van der Waals surface area contributed by atoms with Crippen molar-refractivity contribution in [3.8, 4) is 0 Å². The number of anilines is 1. The topological polar surface area (TPSA) is 74.2 Å². The van der Waals surface area contributed by atoms with E-state index in [4.69, 9.17) is 5.21 Å². The maximum absolute atomic E-state index is 11.5. The molecule has 0 spiro atoms. The van der Waals surface area contributed by atoms with Crippen molar-refractivity contribution in [2.75, 3.05) is 5.32 Å². The van der Waals surface area contributed by atoms with Crippen LogP contribution in [0.15, 0.2) is 42.7 Å². The van der Waals surface area contributed by atoms with Crippen LogP contribution >= 0.6 is 0 Å². The van der Waals surface area contributed by atoms with Crippen molar-refractivity contribution in [1.29, 1.82) is 0 Å². The van der Waals surface area contributed by atoms with Crippen LogP contribution in [-0.4, -0.2) is 22.1 Å². The van der Waals surface area contributed by atoms with Crippen LogP contribution in [0.25, 0.3) is 0 Å². The molecule has 1 aromatic carbocycles. The molecule has 21 heavy (non-hydrogen) atoms. The van der Waals surface area contributed by atoms with Gasteiger partial charge < -0.3 is 5.32 Å². The van der Waals surface area contributed by atoms with Crippen molar-refractivity contribution < 1.29 is 10.0 Å². The number of fused-ring (bicyclic) bond motifs is 1. The van der Waals surface area contributed by atoms with Gasteiger partial charge in [0.1, 0.15) is 0 Å². The Hall–Kier alpha value is -2.40. The van der Waals surface area contributed by atoms with Crippen molar-refractivity contribution >= 4 is 11.6 Å². The molecule has 108 valence electrons. The zero-order valence-corrected chi connectivity index (χ0v) is 11.5.